The van der Waals surface area contributed by atoms with Gasteiger partial charge in [0.1, 0.15) is 0 Å². The van der Waals surface area contributed by atoms with Crippen LogP contribution in [-0.2, 0) is 11.2 Å². The smallest absolute Gasteiger partial charge is 0.223 e. The van der Waals surface area contributed by atoms with Crippen molar-refractivity contribution < 1.29 is 4.79 Å². The molecule has 0 radical (unpaired) electrons. The van der Waals surface area contributed by atoms with E-state index in [1.807, 2.05) is 0 Å². The molecule has 0 aromatic carbocycles. The third kappa shape index (κ3) is 3.82. The number of nitrogens with one attached hydrogen (secondary N) is 2. The number of amides is 1. The number of hydrogen-bond acceptors (Lipinski definition) is 3. The molecule has 1 fully saturated rings. The number of carbonyl (C=O) groups is 1. The van der Waals surface area contributed by atoms with Gasteiger partial charge in [0.25, 0.3) is 0 Å². The van der Waals surface area contributed by atoms with Gasteiger partial charge in [-0.2, -0.15) is 11.3 Å². The van der Waals surface area contributed by atoms with Crippen molar-refractivity contribution in [1.29, 1.82) is 0 Å². The van der Waals surface area contributed by atoms with Gasteiger partial charge in [-0.3, -0.25) is 4.79 Å². The molecule has 94 valence electrons. The van der Waals surface area contributed by atoms with Gasteiger partial charge in [0, 0.05) is 18.5 Å². The molecule has 0 spiro atoms. The number of rotatable bonds is 4. The molecule has 0 bridgehead atoms. The molecule has 1 aliphatic rings. The molecule has 2 N–H and O–H groups in total. The van der Waals surface area contributed by atoms with Crippen LogP contribution < -0.4 is 10.6 Å². The molecule has 1 aromatic rings. The Morgan fingerprint density at radius 1 is 1.65 bits per heavy atom. The Morgan fingerprint density at radius 3 is 3.24 bits per heavy atom. The molecule has 4 heteroatoms. The molecule has 0 aliphatic carbocycles. The largest absolute Gasteiger partial charge is 0.356 e. The van der Waals surface area contributed by atoms with E-state index >= 15 is 0 Å². The van der Waals surface area contributed by atoms with Gasteiger partial charge in [0.05, 0.1) is 0 Å². The van der Waals surface area contributed by atoms with Crippen LogP contribution in [0.1, 0.15) is 25.3 Å². The minimum Gasteiger partial charge on any atom is -0.356 e. The van der Waals surface area contributed by atoms with Crippen molar-refractivity contribution in [3.63, 3.8) is 0 Å². The van der Waals surface area contributed by atoms with Gasteiger partial charge in [-0.15, -0.1) is 0 Å². The van der Waals surface area contributed by atoms with Crippen LogP contribution in [0, 0.1) is 5.92 Å². The van der Waals surface area contributed by atoms with Crippen molar-refractivity contribution in [3.05, 3.63) is 22.4 Å². The second-order valence-corrected chi connectivity index (χ2v) is 5.53. The summed E-state index contributed by atoms with van der Waals surface area (Å²) in [5.41, 5.74) is 1.31. The lowest BCUT2D eigenvalue weighted by Crippen LogP contribution is -2.42. The summed E-state index contributed by atoms with van der Waals surface area (Å²) in [6.07, 6.45) is 2.87. The van der Waals surface area contributed by atoms with E-state index in [1.54, 1.807) is 11.3 Å². The highest BCUT2D eigenvalue weighted by Gasteiger charge is 2.24. The van der Waals surface area contributed by atoms with E-state index < -0.39 is 0 Å². The zero-order valence-corrected chi connectivity index (χ0v) is 11.1. The molecule has 2 atom stereocenters. The lowest BCUT2D eigenvalue weighted by atomic mass is 9.92. The van der Waals surface area contributed by atoms with Crippen LogP contribution in [0.25, 0.3) is 0 Å². The molecule has 1 amide bonds. The van der Waals surface area contributed by atoms with Crippen molar-refractivity contribution >= 4 is 17.2 Å². The van der Waals surface area contributed by atoms with Crippen molar-refractivity contribution in [3.8, 4) is 0 Å². The first-order valence-corrected chi connectivity index (χ1v) is 7.22. The Bertz CT molecular complexity index is 350. The van der Waals surface area contributed by atoms with Crippen LogP contribution >= 0.6 is 11.3 Å². The lowest BCUT2D eigenvalue weighted by molar-refractivity contribution is -0.126. The third-order valence-corrected chi connectivity index (χ3v) is 4.02. The Balaban J connectivity index is 1.70. The van der Waals surface area contributed by atoms with E-state index in [4.69, 9.17) is 0 Å². The summed E-state index contributed by atoms with van der Waals surface area (Å²) in [5.74, 6) is 0.433. The second-order valence-electron chi connectivity index (χ2n) is 4.75. The normalized spacial score (nSPS) is 24.5. The molecule has 0 unspecified atom stereocenters. The maximum absolute atomic E-state index is 11.9. The average molecular weight is 252 g/mol. The SMILES string of the molecule is C[C@H]1C[C@@H](C(=O)NCCc2ccsc2)CCN1. The number of thiophene rings is 1. The lowest BCUT2D eigenvalue weighted by Gasteiger charge is -2.27. The van der Waals surface area contributed by atoms with Gasteiger partial charge < -0.3 is 10.6 Å². The fourth-order valence-electron chi connectivity index (χ4n) is 2.28. The maximum atomic E-state index is 11.9. The maximum Gasteiger partial charge on any atom is 0.223 e. The van der Waals surface area contributed by atoms with E-state index in [-0.39, 0.29) is 11.8 Å². The summed E-state index contributed by atoms with van der Waals surface area (Å²) >= 11 is 1.71. The molecule has 1 aromatic heterocycles. The van der Waals surface area contributed by atoms with Gasteiger partial charge in [0.15, 0.2) is 0 Å². The average Bonchev–Trinajstić information content (AvgIpc) is 2.82. The monoisotopic (exact) mass is 252 g/mol. The highest BCUT2D eigenvalue weighted by atomic mass is 32.1. The summed E-state index contributed by atoms with van der Waals surface area (Å²) < 4.78 is 0. The Kier molecular flexibility index (Phi) is 4.57. The van der Waals surface area contributed by atoms with Crippen molar-refractivity contribution in [2.45, 2.75) is 32.2 Å². The third-order valence-electron chi connectivity index (χ3n) is 3.29. The van der Waals surface area contributed by atoms with E-state index in [0.29, 0.717) is 6.04 Å². The van der Waals surface area contributed by atoms with Gasteiger partial charge in [-0.05, 0) is 55.1 Å². The topological polar surface area (TPSA) is 41.1 Å². The van der Waals surface area contributed by atoms with Gasteiger partial charge in [0.2, 0.25) is 5.91 Å². The molecule has 2 rings (SSSR count). The van der Waals surface area contributed by atoms with Crippen molar-refractivity contribution in [1.82, 2.24) is 10.6 Å². The minimum absolute atomic E-state index is 0.203. The number of carbonyl (C=O) groups excluding carboxylic acids is 1. The summed E-state index contributed by atoms with van der Waals surface area (Å²) in [7, 11) is 0. The van der Waals surface area contributed by atoms with Crippen LogP contribution in [0.4, 0.5) is 0 Å². The Labute approximate surface area is 107 Å². The molecular weight excluding hydrogens is 232 g/mol. The highest BCUT2D eigenvalue weighted by Crippen LogP contribution is 2.16. The molecule has 0 saturated carbocycles. The number of piperidine rings is 1. The molecule has 3 nitrogen and oxygen atoms in total. The number of hydrogen-bond donors (Lipinski definition) is 2. The zero-order valence-electron chi connectivity index (χ0n) is 10.2. The molecular formula is C13H20N2OS. The first-order chi connectivity index (χ1) is 8.25. The zero-order chi connectivity index (χ0) is 12.1. The highest BCUT2D eigenvalue weighted by molar-refractivity contribution is 7.07. The summed E-state index contributed by atoms with van der Waals surface area (Å²) in [5, 5.41) is 10.6. The van der Waals surface area contributed by atoms with E-state index in [2.05, 4.69) is 34.4 Å². The predicted molar refractivity (Wildman–Crippen MR) is 71.2 cm³/mol. The van der Waals surface area contributed by atoms with Crippen LogP contribution in [0.15, 0.2) is 16.8 Å². The Hall–Kier alpha value is -0.870. The van der Waals surface area contributed by atoms with Crippen molar-refractivity contribution in [2.75, 3.05) is 13.1 Å². The van der Waals surface area contributed by atoms with Gasteiger partial charge in [-0.1, -0.05) is 0 Å². The first-order valence-electron chi connectivity index (χ1n) is 6.28. The van der Waals surface area contributed by atoms with Crippen LogP contribution in [0.5, 0.6) is 0 Å². The first kappa shape index (κ1) is 12.6. The summed E-state index contributed by atoms with van der Waals surface area (Å²) in [6, 6.07) is 2.58. The summed E-state index contributed by atoms with van der Waals surface area (Å²) in [4.78, 5) is 11.9. The molecule has 1 saturated heterocycles. The fraction of sp³-hybridized carbons (Fsp3) is 0.615. The van der Waals surface area contributed by atoms with E-state index in [9.17, 15) is 4.79 Å². The quantitative estimate of drug-likeness (QED) is 0.858. The standard InChI is InChI=1S/C13H20N2OS/c1-10-8-12(3-6-14-10)13(16)15-5-2-11-4-7-17-9-11/h4,7,9-10,12,14H,2-3,5-6,8H2,1H3,(H,15,16)/t10-,12-/m0/s1. The van der Waals surface area contributed by atoms with Crippen LogP contribution in [0.3, 0.4) is 0 Å². The second kappa shape index (κ2) is 6.17. The predicted octanol–water partition coefficient (Wildman–Crippen LogP) is 1.79. The fourth-order valence-corrected chi connectivity index (χ4v) is 2.98. The van der Waals surface area contributed by atoms with E-state index in [0.717, 1.165) is 32.4 Å². The van der Waals surface area contributed by atoms with E-state index in [1.165, 1.54) is 5.56 Å². The molecule has 2 heterocycles. The van der Waals surface area contributed by atoms with Crippen molar-refractivity contribution in [2.24, 2.45) is 5.92 Å². The summed E-state index contributed by atoms with van der Waals surface area (Å²) in [6.45, 7) is 3.86. The van der Waals surface area contributed by atoms with Crippen LogP contribution in [-0.4, -0.2) is 25.0 Å². The molecule has 17 heavy (non-hydrogen) atoms. The van der Waals surface area contributed by atoms with Crippen LogP contribution in [0.2, 0.25) is 0 Å². The molecule has 1 aliphatic heterocycles. The minimum atomic E-state index is 0.203. The van der Waals surface area contributed by atoms with Gasteiger partial charge >= 0.3 is 0 Å². The Morgan fingerprint density at radius 2 is 2.53 bits per heavy atom. The van der Waals surface area contributed by atoms with Gasteiger partial charge in [-0.25, -0.2) is 0 Å².